The van der Waals surface area contributed by atoms with Gasteiger partial charge in [0.2, 0.25) is 0 Å². The molecule has 0 unspecified atom stereocenters. The second kappa shape index (κ2) is 5.50. The molecule has 4 nitrogen and oxygen atoms in total. The van der Waals surface area contributed by atoms with Gasteiger partial charge in [-0.25, -0.2) is 0 Å². The van der Waals surface area contributed by atoms with Crippen molar-refractivity contribution in [1.82, 2.24) is 9.78 Å². The first-order chi connectivity index (χ1) is 8.25. The fourth-order valence-electron chi connectivity index (χ4n) is 1.68. The van der Waals surface area contributed by atoms with Crippen LogP contribution < -0.4 is 5.73 Å². The molecule has 0 aliphatic heterocycles. The summed E-state index contributed by atoms with van der Waals surface area (Å²) in [5, 5.41) is 4.08. The molecular formula is C13H17N3O. The summed E-state index contributed by atoms with van der Waals surface area (Å²) in [5.74, 6) is 0. The van der Waals surface area contributed by atoms with E-state index in [0.29, 0.717) is 13.2 Å². The first-order valence-electron chi connectivity index (χ1n) is 5.64. The molecule has 0 spiro atoms. The summed E-state index contributed by atoms with van der Waals surface area (Å²) in [5.41, 5.74) is 8.91. The average Bonchev–Trinajstić information content (AvgIpc) is 2.73. The monoisotopic (exact) mass is 231 g/mol. The third-order valence-corrected chi connectivity index (χ3v) is 2.60. The lowest BCUT2D eigenvalue weighted by molar-refractivity contribution is 0.124. The SMILES string of the molecule is Cn1cc(COCCc2ccccc2N)cn1. The van der Waals surface area contributed by atoms with Gasteiger partial charge >= 0.3 is 0 Å². The van der Waals surface area contributed by atoms with Crippen molar-refractivity contribution in [2.24, 2.45) is 7.05 Å². The summed E-state index contributed by atoms with van der Waals surface area (Å²) in [6.45, 7) is 1.27. The average molecular weight is 231 g/mol. The minimum absolute atomic E-state index is 0.598. The summed E-state index contributed by atoms with van der Waals surface area (Å²) < 4.78 is 7.35. The minimum atomic E-state index is 0.598. The molecule has 17 heavy (non-hydrogen) atoms. The van der Waals surface area contributed by atoms with Crippen LogP contribution in [0.25, 0.3) is 0 Å². The van der Waals surface area contributed by atoms with Crippen LogP contribution in [0.5, 0.6) is 0 Å². The molecule has 0 aliphatic carbocycles. The number of anilines is 1. The molecule has 1 aromatic carbocycles. The van der Waals surface area contributed by atoms with Crippen molar-refractivity contribution < 1.29 is 4.74 Å². The Labute approximate surface area is 101 Å². The van der Waals surface area contributed by atoms with Gasteiger partial charge < -0.3 is 10.5 Å². The number of benzene rings is 1. The molecule has 0 bridgehead atoms. The number of nitrogen functional groups attached to an aromatic ring is 1. The van der Waals surface area contributed by atoms with Crippen LogP contribution >= 0.6 is 0 Å². The fourth-order valence-corrected chi connectivity index (χ4v) is 1.68. The zero-order valence-corrected chi connectivity index (χ0v) is 9.97. The van der Waals surface area contributed by atoms with Gasteiger partial charge in [0, 0.05) is 24.5 Å². The number of aryl methyl sites for hydroxylation is 1. The molecule has 90 valence electrons. The van der Waals surface area contributed by atoms with Crippen molar-refractivity contribution in [3.8, 4) is 0 Å². The Kier molecular flexibility index (Phi) is 3.77. The van der Waals surface area contributed by atoms with E-state index in [1.807, 2.05) is 43.7 Å². The summed E-state index contributed by atoms with van der Waals surface area (Å²) in [6, 6.07) is 7.88. The van der Waals surface area contributed by atoms with E-state index in [-0.39, 0.29) is 0 Å². The second-order valence-corrected chi connectivity index (χ2v) is 4.02. The Morgan fingerprint density at radius 1 is 1.35 bits per heavy atom. The largest absolute Gasteiger partial charge is 0.399 e. The Hall–Kier alpha value is -1.81. The molecule has 0 saturated carbocycles. The number of hydrogen-bond acceptors (Lipinski definition) is 3. The van der Waals surface area contributed by atoms with Gasteiger partial charge in [-0.1, -0.05) is 18.2 Å². The van der Waals surface area contributed by atoms with Gasteiger partial charge in [0.25, 0.3) is 0 Å². The molecule has 4 heteroatoms. The Balaban J connectivity index is 1.75. The van der Waals surface area contributed by atoms with E-state index in [1.54, 1.807) is 4.68 Å². The van der Waals surface area contributed by atoms with Crippen LogP contribution in [0.3, 0.4) is 0 Å². The number of hydrogen-bond donors (Lipinski definition) is 1. The Bertz CT molecular complexity index is 479. The van der Waals surface area contributed by atoms with Crippen molar-refractivity contribution >= 4 is 5.69 Å². The highest BCUT2D eigenvalue weighted by Crippen LogP contribution is 2.11. The standard InChI is InChI=1S/C13H17N3O/c1-16-9-11(8-15-16)10-17-7-6-12-4-2-3-5-13(12)14/h2-5,8-9H,6-7,10,14H2,1H3. The zero-order valence-electron chi connectivity index (χ0n) is 9.97. The summed E-state index contributed by atoms with van der Waals surface area (Å²) in [7, 11) is 1.90. The molecule has 1 heterocycles. The van der Waals surface area contributed by atoms with Gasteiger partial charge in [0.15, 0.2) is 0 Å². The van der Waals surface area contributed by atoms with Crippen molar-refractivity contribution in [2.75, 3.05) is 12.3 Å². The first kappa shape index (κ1) is 11.7. The maximum Gasteiger partial charge on any atom is 0.0747 e. The maximum absolute atomic E-state index is 5.85. The molecule has 0 atom stereocenters. The highest BCUT2D eigenvalue weighted by molar-refractivity contribution is 5.46. The van der Waals surface area contributed by atoms with Crippen LogP contribution in [0.15, 0.2) is 36.7 Å². The van der Waals surface area contributed by atoms with E-state index in [9.17, 15) is 0 Å². The van der Waals surface area contributed by atoms with Crippen molar-refractivity contribution in [3.05, 3.63) is 47.8 Å². The smallest absolute Gasteiger partial charge is 0.0747 e. The quantitative estimate of drug-likeness (QED) is 0.630. The fraction of sp³-hybridized carbons (Fsp3) is 0.308. The van der Waals surface area contributed by atoms with Gasteiger partial charge in [-0.15, -0.1) is 0 Å². The van der Waals surface area contributed by atoms with E-state index < -0.39 is 0 Å². The molecule has 0 amide bonds. The molecule has 0 fully saturated rings. The number of nitrogens with two attached hydrogens (primary N) is 1. The van der Waals surface area contributed by atoms with E-state index >= 15 is 0 Å². The zero-order chi connectivity index (χ0) is 12.1. The number of nitrogens with zero attached hydrogens (tertiary/aromatic N) is 2. The van der Waals surface area contributed by atoms with Crippen LogP contribution in [-0.2, 0) is 24.8 Å². The van der Waals surface area contributed by atoms with E-state index in [4.69, 9.17) is 10.5 Å². The van der Waals surface area contributed by atoms with Crippen LogP contribution in [0.2, 0.25) is 0 Å². The highest BCUT2D eigenvalue weighted by atomic mass is 16.5. The Morgan fingerprint density at radius 3 is 2.88 bits per heavy atom. The van der Waals surface area contributed by atoms with Gasteiger partial charge in [0.05, 0.1) is 19.4 Å². The van der Waals surface area contributed by atoms with Gasteiger partial charge in [-0.05, 0) is 18.1 Å². The van der Waals surface area contributed by atoms with E-state index in [0.717, 1.165) is 23.2 Å². The topological polar surface area (TPSA) is 53.1 Å². The number of para-hydroxylation sites is 1. The van der Waals surface area contributed by atoms with Crippen molar-refractivity contribution in [1.29, 1.82) is 0 Å². The maximum atomic E-state index is 5.85. The van der Waals surface area contributed by atoms with E-state index in [2.05, 4.69) is 5.10 Å². The van der Waals surface area contributed by atoms with Gasteiger partial charge in [-0.3, -0.25) is 4.68 Å². The number of ether oxygens (including phenoxy) is 1. The Morgan fingerprint density at radius 2 is 2.18 bits per heavy atom. The van der Waals surface area contributed by atoms with Crippen LogP contribution in [0.1, 0.15) is 11.1 Å². The number of rotatable bonds is 5. The third kappa shape index (κ3) is 3.32. The van der Waals surface area contributed by atoms with Gasteiger partial charge in [-0.2, -0.15) is 5.10 Å². The molecule has 0 radical (unpaired) electrons. The lowest BCUT2D eigenvalue weighted by Gasteiger charge is -2.05. The predicted molar refractivity (Wildman–Crippen MR) is 67.4 cm³/mol. The van der Waals surface area contributed by atoms with Crippen molar-refractivity contribution in [3.63, 3.8) is 0 Å². The van der Waals surface area contributed by atoms with Gasteiger partial charge in [0.1, 0.15) is 0 Å². The second-order valence-electron chi connectivity index (χ2n) is 4.02. The molecule has 0 saturated heterocycles. The van der Waals surface area contributed by atoms with Crippen LogP contribution in [0.4, 0.5) is 5.69 Å². The summed E-state index contributed by atoms with van der Waals surface area (Å²) in [6.07, 6.45) is 4.61. The molecule has 2 aromatic rings. The third-order valence-electron chi connectivity index (χ3n) is 2.60. The molecular weight excluding hydrogens is 214 g/mol. The number of aromatic nitrogens is 2. The molecule has 2 rings (SSSR count). The summed E-state index contributed by atoms with van der Waals surface area (Å²) in [4.78, 5) is 0. The lowest BCUT2D eigenvalue weighted by atomic mass is 10.1. The molecule has 1 aromatic heterocycles. The van der Waals surface area contributed by atoms with Crippen LogP contribution in [-0.4, -0.2) is 16.4 Å². The lowest BCUT2D eigenvalue weighted by Crippen LogP contribution is -2.01. The highest BCUT2D eigenvalue weighted by Gasteiger charge is 1.99. The minimum Gasteiger partial charge on any atom is -0.399 e. The summed E-state index contributed by atoms with van der Waals surface area (Å²) >= 11 is 0. The molecule has 2 N–H and O–H groups in total. The van der Waals surface area contributed by atoms with E-state index in [1.165, 1.54) is 0 Å². The van der Waals surface area contributed by atoms with Crippen molar-refractivity contribution in [2.45, 2.75) is 13.0 Å². The first-order valence-corrected chi connectivity index (χ1v) is 5.64. The van der Waals surface area contributed by atoms with Crippen LogP contribution in [0, 0.1) is 0 Å². The molecule has 0 aliphatic rings. The normalized spacial score (nSPS) is 10.6. The predicted octanol–water partition coefficient (Wildman–Crippen LogP) is 1.76.